The van der Waals surface area contributed by atoms with Crippen LogP contribution in [0.5, 0.6) is 0 Å². The van der Waals surface area contributed by atoms with E-state index in [1.807, 2.05) is 0 Å². The molecule has 6 heteroatoms. The monoisotopic (exact) mass is 257 g/mol. The summed E-state index contributed by atoms with van der Waals surface area (Å²) in [5, 5.41) is 0. The molecule has 0 saturated carbocycles. The molecule has 1 aromatic carbocycles. The lowest BCUT2D eigenvalue weighted by molar-refractivity contribution is -0.137. The average molecular weight is 257 g/mol. The molecule has 1 heterocycles. The third-order valence-electron chi connectivity index (χ3n) is 2.40. The van der Waals surface area contributed by atoms with E-state index in [2.05, 4.69) is 4.98 Å². The Morgan fingerprint density at radius 1 is 1.11 bits per heavy atom. The average Bonchev–Trinajstić information content (AvgIpc) is 2.32. The third-order valence-corrected chi connectivity index (χ3v) is 2.40. The number of H-pyrrole nitrogens is 1. The van der Waals surface area contributed by atoms with Crippen molar-refractivity contribution in [2.75, 3.05) is 0 Å². The zero-order valence-corrected chi connectivity index (χ0v) is 8.88. The first-order valence-corrected chi connectivity index (χ1v) is 4.94. The van der Waals surface area contributed by atoms with Crippen LogP contribution in [0.2, 0.25) is 0 Å². The van der Waals surface area contributed by atoms with Crippen LogP contribution in [-0.4, -0.2) is 4.98 Å². The number of nitrogens with one attached hydrogen (secondary N) is 1. The van der Waals surface area contributed by atoms with E-state index in [0.29, 0.717) is 0 Å². The highest BCUT2D eigenvalue weighted by Crippen LogP contribution is 2.32. The second-order valence-electron chi connectivity index (χ2n) is 3.61. The Kier molecular flexibility index (Phi) is 2.94. The number of pyridine rings is 1. The first-order valence-electron chi connectivity index (χ1n) is 4.94. The molecular weight excluding hydrogens is 250 g/mol. The van der Waals surface area contributed by atoms with E-state index >= 15 is 0 Å². The SMILES string of the molecule is O=c1[nH]ccc(-c2cccc(C(F)(F)F)c2)c1F. The lowest BCUT2D eigenvalue weighted by Crippen LogP contribution is -2.11. The van der Waals surface area contributed by atoms with E-state index in [1.54, 1.807) is 0 Å². The molecule has 0 saturated heterocycles. The van der Waals surface area contributed by atoms with Crippen LogP contribution in [0.15, 0.2) is 41.3 Å². The molecule has 0 atom stereocenters. The summed E-state index contributed by atoms with van der Waals surface area (Å²) in [5.74, 6) is -1.10. The third kappa shape index (κ3) is 2.27. The molecule has 94 valence electrons. The number of hydrogen-bond acceptors (Lipinski definition) is 1. The summed E-state index contributed by atoms with van der Waals surface area (Å²) in [5.41, 5.74) is -2.01. The summed E-state index contributed by atoms with van der Waals surface area (Å²) in [7, 11) is 0. The van der Waals surface area contributed by atoms with Gasteiger partial charge in [-0.2, -0.15) is 13.2 Å². The highest BCUT2D eigenvalue weighted by Gasteiger charge is 2.30. The van der Waals surface area contributed by atoms with Gasteiger partial charge in [-0.3, -0.25) is 4.79 Å². The first-order chi connectivity index (χ1) is 8.39. The van der Waals surface area contributed by atoms with E-state index in [-0.39, 0.29) is 11.1 Å². The fraction of sp³-hybridized carbons (Fsp3) is 0.0833. The predicted molar refractivity (Wildman–Crippen MR) is 57.5 cm³/mol. The van der Waals surface area contributed by atoms with E-state index in [0.717, 1.165) is 12.1 Å². The van der Waals surface area contributed by atoms with Crippen LogP contribution < -0.4 is 5.56 Å². The maximum Gasteiger partial charge on any atom is 0.416 e. The molecule has 0 bridgehead atoms. The fourth-order valence-electron chi connectivity index (χ4n) is 1.55. The Morgan fingerprint density at radius 2 is 1.83 bits per heavy atom. The lowest BCUT2D eigenvalue weighted by atomic mass is 10.0. The van der Waals surface area contributed by atoms with Gasteiger partial charge in [-0.1, -0.05) is 12.1 Å². The molecule has 0 aliphatic heterocycles. The number of aromatic amines is 1. The zero-order valence-electron chi connectivity index (χ0n) is 8.88. The number of halogens is 4. The molecule has 2 rings (SSSR count). The minimum atomic E-state index is -4.51. The summed E-state index contributed by atoms with van der Waals surface area (Å²) in [4.78, 5) is 13.1. The van der Waals surface area contributed by atoms with Crippen LogP contribution in [0.1, 0.15) is 5.56 Å². The summed E-state index contributed by atoms with van der Waals surface area (Å²) in [6.45, 7) is 0. The van der Waals surface area contributed by atoms with Gasteiger partial charge in [-0.15, -0.1) is 0 Å². The molecule has 0 amide bonds. The molecule has 0 aliphatic carbocycles. The van der Waals surface area contributed by atoms with Gasteiger partial charge in [0.25, 0.3) is 5.56 Å². The highest BCUT2D eigenvalue weighted by molar-refractivity contribution is 5.64. The van der Waals surface area contributed by atoms with Crippen LogP contribution >= 0.6 is 0 Å². The van der Waals surface area contributed by atoms with Crippen molar-refractivity contribution in [3.63, 3.8) is 0 Å². The normalized spacial score (nSPS) is 11.6. The van der Waals surface area contributed by atoms with Gasteiger partial charge in [-0.25, -0.2) is 4.39 Å². The Hall–Kier alpha value is -2.11. The van der Waals surface area contributed by atoms with Gasteiger partial charge in [0.2, 0.25) is 0 Å². The van der Waals surface area contributed by atoms with E-state index < -0.39 is 23.1 Å². The van der Waals surface area contributed by atoms with Gasteiger partial charge in [-0.05, 0) is 23.8 Å². The van der Waals surface area contributed by atoms with Gasteiger partial charge < -0.3 is 4.98 Å². The van der Waals surface area contributed by atoms with Crippen molar-refractivity contribution in [3.8, 4) is 11.1 Å². The molecule has 2 aromatic rings. The smallest absolute Gasteiger partial charge is 0.327 e. The van der Waals surface area contributed by atoms with Crippen molar-refractivity contribution in [3.05, 3.63) is 58.3 Å². The fourth-order valence-corrected chi connectivity index (χ4v) is 1.55. The highest BCUT2D eigenvalue weighted by atomic mass is 19.4. The molecule has 18 heavy (non-hydrogen) atoms. The van der Waals surface area contributed by atoms with Crippen LogP contribution in [0.4, 0.5) is 17.6 Å². The molecule has 1 aromatic heterocycles. The minimum absolute atomic E-state index is 0.00780. The predicted octanol–water partition coefficient (Wildman–Crippen LogP) is 3.20. The van der Waals surface area contributed by atoms with E-state index in [4.69, 9.17) is 0 Å². The Balaban J connectivity index is 2.59. The first kappa shape index (κ1) is 12.3. The quantitative estimate of drug-likeness (QED) is 0.782. The van der Waals surface area contributed by atoms with Crippen molar-refractivity contribution in [1.82, 2.24) is 4.98 Å². The maximum absolute atomic E-state index is 13.5. The molecule has 1 N–H and O–H groups in total. The van der Waals surface area contributed by atoms with Gasteiger partial charge in [0.15, 0.2) is 5.82 Å². The summed E-state index contributed by atoms with van der Waals surface area (Å²) in [6, 6.07) is 5.38. The molecule has 0 spiro atoms. The Morgan fingerprint density at radius 3 is 2.50 bits per heavy atom. The van der Waals surface area contributed by atoms with Crippen molar-refractivity contribution in [1.29, 1.82) is 0 Å². The summed E-state index contributed by atoms with van der Waals surface area (Å²) >= 11 is 0. The molecule has 2 nitrogen and oxygen atoms in total. The van der Waals surface area contributed by atoms with Crippen LogP contribution in [0.3, 0.4) is 0 Å². The maximum atomic E-state index is 13.5. The van der Waals surface area contributed by atoms with E-state index in [9.17, 15) is 22.4 Å². The largest absolute Gasteiger partial charge is 0.416 e. The lowest BCUT2D eigenvalue weighted by Gasteiger charge is -2.09. The van der Waals surface area contributed by atoms with E-state index in [1.165, 1.54) is 24.4 Å². The number of aromatic nitrogens is 1. The Bertz CT molecular complexity index is 630. The number of rotatable bonds is 1. The van der Waals surface area contributed by atoms with Crippen LogP contribution in [0.25, 0.3) is 11.1 Å². The molecule has 0 fully saturated rings. The van der Waals surface area contributed by atoms with Crippen molar-refractivity contribution >= 4 is 0 Å². The second kappa shape index (κ2) is 4.29. The Labute approximate surface area is 98.9 Å². The van der Waals surface area contributed by atoms with Gasteiger partial charge >= 0.3 is 6.18 Å². The van der Waals surface area contributed by atoms with Gasteiger partial charge in [0, 0.05) is 11.8 Å². The standard InChI is InChI=1S/C12H7F4NO/c13-10-9(4-5-17-11(10)18)7-2-1-3-8(6-7)12(14,15)16/h1-6H,(H,17,18). The molecule has 0 aliphatic rings. The number of benzene rings is 1. The number of alkyl halides is 3. The van der Waals surface area contributed by atoms with Crippen molar-refractivity contribution < 1.29 is 17.6 Å². The summed E-state index contributed by atoms with van der Waals surface area (Å²) < 4.78 is 51.0. The topological polar surface area (TPSA) is 32.9 Å². The van der Waals surface area contributed by atoms with Crippen LogP contribution in [0, 0.1) is 5.82 Å². The molecular formula is C12H7F4NO. The minimum Gasteiger partial charge on any atom is -0.327 e. The molecule has 0 unspecified atom stereocenters. The second-order valence-corrected chi connectivity index (χ2v) is 3.61. The van der Waals surface area contributed by atoms with Gasteiger partial charge in [0.1, 0.15) is 0 Å². The van der Waals surface area contributed by atoms with Crippen molar-refractivity contribution in [2.24, 2.45) is 0 Å². The van der Waals surface area contributed by atoms with Crippen molar-refractivity contribution in [2.45, 2.75) is 6.18 Å². The zero-order chi connectivity index (χ0) is 13.3. The molecule has 0 radical (unpaired) electrons. The van der Waals surface area contributed by atoms with Gasteiger partial charge in [0.05, 0.1) is 5.56 Å². The number of hydrogen-bond donors (Lipinski definition) is 1. The summed E-state index contributed by atoms with van der Waals surface area (Å²) in [6.07, 6.45) is -3.32. The van der Waals surface area contributed by atoms with Crippen LogP contribution in [-0.2, 0) is 6.18 Å².